The molecule has 1 aliphatic rings. The normalized spacial score (nSPS) is 23.6. The lowest BCUT2D eigenvalue weighted by molar-refractivity contribution is -0.136. The summed E-state index contributed by atoms with van der Waals surface area (Å²) >= 11 is 0. The van der Waals surface area contributed by atoms with E-state index >= 15 is 0 Å². The molecule has 0 bridgehead atoms. The van der Waals surface area contributed by atoms with E-state index in [2.05, 4.69) is 10.1 Å². The number of methoxy groups -OCH3 is 1. The van der Waals surface area contributed by atoms with E-state index in [9.17, 15) is 18.4 Å². The van der Waals surface area contributed by atoms with Crippen molar-refractivity contribution in [2.45, 2.75) is 31.8 Å². The maximum absolute atomic E-state index is 13.2. The van der Waals surface area contributed by atoms with E-state index in [1.165, 1.54) is 6.08 Å². The maximum atomic E-state index is 13.2. The molecule has 0 heterocycles. The van der Waals surface area contributed by atoms with Gasteiger partial charge in [-0.05, 0) is 30.4 Å². The Morgan fingerprint density at radius 3 is 2.42 bits per heavy atom. The van der Waals surface area contributed by atoms with E-state index in [0.29, 0.717) is 0 Å². The number of nitrogens with one attached hydrogen (secondary N) is 1. The van der Waals surface area contributed by atoms with Crippen molar-refractivity contribution < 1.29 is 27.8 Å². The van der Waals surface area contributed by atoms with Crippen LogP contribution in [0.2, 0.25) is 0 Å². The van der Waals surface area contributed by atoms with Crippen LogP contribution in [-0.2, 0) is 20.9 Å². The topological polar surface area (TPSA) is 64.6 Å². The molecule has 0 aromatic heterocycles. The van der Waals surface area contributed by atoms with Crippen molar-refractivity contribution >= 4 is 12.1 Å². The van der Waals surface area contributed by atoms with Gasteiger partial charge in [0, 0.05) is 0 Å². The molecule has 0 spiro atoms. The van der Waals surface area contributed by atoms with Crippen LogP contribution in [0.25, 0.3) is 0 Å². The molecule has 2 rings (SSSR count). The molecule has 1 unspecified atom stereocenters. The van der Waals surface area contributed by atoms with Crippen LogP contribution < -0.4 is 5.32 Å². The molecule has 1 fully saturated rings. The number of allylic oxidation sites excluding steroid dienone is 1. The molecule has 130 valence electrons. The highest BCUT2D eigenvalue weighted by atomic mass is 19.2. The molecular weight excluding hydrogens is 320 g/mol. The monoisotopic (exact) mass is 339 g/mol. The first kappa shape index (κ1) is 17.9. The summed E-state index contributed by atoms with van der Waals surface area (Å²) in [6.07, 6.45) is -2.72. The first-order chi connectivity index (χ1) is 11.5. The quantitative estimate of drug-likeness (QED) is 0.661. The van der Waals surface area contributed by atoms with Crippen molar-refractivity contribution in [3.8, 4) is 0 Å². The third-order valence-electron chi connectivity index (χ3n) is 3.71. The molecule has 0 radical (unpaired) electrons. The van der Waals surface area contributed by atoms with E-state index in [0.717, 1.165) is 12.7 Å². The van der Waals surface area contributed by atoms with Crippen molar-refractivity contribution in [3.63, 3.8) is 0 Å². The van der Waals surface area contributed by atoms with Gasteiger partial charge >= 0.3 is 12.1 Å². The number of carbonyl (C=O) groups excluding carboxylic acids is 2. The van der Waals surface area contributed by atoms with E-state index in [-0.39, 0.29) is 25.1 Å². The van der Waals surface area contributed by atoms with Gasteiger partial charge in [0.05, 0.1) is 7.11 Å². The maximum Gasteiger partial charge on any atom is 0.412 e. The van der Waals surface area contributed by atoms with E-state index < -0.39 is 30.3 Å². The largest absolute Gasteiger partial charge is 0.464 e. The molecule has 0 aliphatic heterocycles. The van der Waals surface area contributed by atoms with Gasteiger partial charge in [0.25, 0.3) is 0 Å². The molecule has 5 nitrogen and oxygen atoms in total. The molecule has 1 aromatic rings. The van der Waals surface area contributed by atoms with Crippen molar-refractivity contribution in [3.05, 3.63) is 47.7 Å². The molecule has 1 amide bonds. The second-order valence-corrected chi connectivity index (χ2v) is 5.52. The zero-order valence-corrected chi connectivity index (χ0v) is 13.2. The smallest absolute Gasteiger partial charge is 0.412 e. The molecule has 7 heteroatoms. The first-order valence-electron chi connectivity index (χ1n) is 7.55. The predicted molar refractivity (Wildman–Crippen MR) is 82.4 cm³/mol. The van der Waals surface area contributed by atoms with Gasteiger partial charge in [0.1, 0.15) is 24.6 Å². The number of amides is 1. The number of hydrogen-bond acceptors (Lipinski definition) is 4. The number of carbonyl (C=O) groups is 2. The summed E-state index contributed by atoms with van der Waals surface area (Å²) < 4.78 is 36.1. The Balaban J connectivity index is 1.95. The second-order valence-electron chi connectivity index (χ2n) is 5.52. The third kappa shape index (κ3) is 5.04. The molecule has 0 saturated heterocycles. The van der Waals surface area contributed by atoms with Crippen LogP contribution in [0.5, 0.6) is 0 Å². The minimum absolute atomic E-state index is 0.0314. The van der Waals surface area contributed by atoms with Gasteiger partial charge in [-0.1, -0.05) is 30.3 Å². The summed E-state index contributed by atoms with van der Waals surface area (Å²) in [5.74, 6) is -1.29. The Labute approximate surface area is 138 Å². The average molecular weight is 339 g/mol. The highest BCUT2D eigenvalue weighted by Crippen LogP contribution is 2.32. The van der Waals surface area contributed by atoms with Crippen LogP contribution in [0.1, 0.15) is 18.4 Å². The van der Waals surface area contributed by atoms with Gasteiger partial charge in [0.2, 0.25) is 0 Å². The zero-order valence-electron chi connectivity index (χ0n) is 13.2. The third-order valence-corrected chi connectivity index (χ3v) is 3.71. The van der Waals surface area contributed by atoms with Crippen molar-refractivity contribution in [1.82, 2.24) is 5.32 Å². The van der Waals surface area contributed by atoms with Gasteiger partial charge in [-0.25, -0.2) is 18.4 Å². The Bertz CT molecular complexity index is 596. The lowest BCUT2D eigenvalue weighted by atomic mass is 10.1. The fourth-order valence-electron chi connectivity index (χ4n) is 2.48. The first-order valence-corrected chi connectivity index (χ1v) is 7.55. The second kappa shape index (κ2) is 8.42. The summed E-state index contributed by atoms with van der Waals surface area (Å²) in [7, 11) is 1.15. The van der Waals surface area contributed by atoms with E-state index in [4.69, 9.17) is 4.74 Å². The minimum Gasteiger partial charge on any atom is -0.464 e. The van der Waals surface area contributed by atoms with Crippen molar-refractivity contribution in [2.75, 3.05) is 7.11 Å². The summed E-state index contributed by atoms with van der Waals surface area (Å²) in [6.45, 7) is 0.0314. The Morgan fingerprint density at radius 2 is 1.83 bits per heavy atom. The molecule has 24 heavy (non-hydrogen) atoms. The SMILES string of the molecule is COC(=O)/C(=C\C1C[C@@H](F)[C@@H](F)C1)NC(=O)OCc1ccccc1. The number of ether oxygens (including phenoxy) is 2. The fourth-order valence-corrected chi connectivity index (χ4v) is 2.48. The number of benzene rings is 1. The fraction of sp³-hybridized carbons (Fsp3) is 0.412. The minimum atomic E-state index is -1.56. The summed E-state index contributed by atoms with van der Waals surface area (Å²) in [6, 6.07) is 9.01. The lowest BCUT2D eigenvalue weighted by Gasteiger charge is -2.11. The molecular formula is C17H19F2NO4. The average Bonchev–Trinajstić information content (AvgIpc) is 2.90. The van der Waals surface area contributed by atoms with Gasteiger partial charge in [-0.3, -0.25) is 5.32 Å². The Hall–Kier alpha value is -2.44. The van der Waals surface area contributed by atoms with Crippen LogP contribution in [0.3, 0.4) is 0 Å². The number of halogens is 2. The zero-order chi connectivity index (χ0) is 17.5. The predicted octanol–water partition coefficient (Wildman–Crippen LogP) is 3.06. The van der Waals surface area contributed by atoms with Crippen molar-refractivity contribution in [1.29, 1.82) is 0 Å². The summed E-state index contributed by atoms with van der Waals surface area (Å²) in [5.41, 5.74) is 0.606. The molecule has 3 atom stereocenters. The van der Waals surface area contributed by atoms with Gasteiger partial charge < -0.3 is 9.47 Å². The van der Waals surface area contributed by atoms with E-state index in [1.54, 1.807) is 24.3 Å². The molecule has 1 aromatic carbocycles. The van der Waals surface area contributed by atoms with Crippen LogP contribution >= 0.6 is 0 Å². The standard InChI is InChI=1S/C17H19F2NO4/c1-23-16(21)15(9-12-7-13(18)14(19)8-12)20-17(22)24-10-11-5-3-2-4-6-11/h2-6,9,12-14H,7-8,10H2,1H3,(H,20,22)/b15-9+/t12?,13-,14+. The Kier molecular flexibility index (Phi) is 6.28. The highest BCUT2D eigenvalue weighted by Gasteiger charge is 2.34. The van der Waals surface area contributed by atoms with E-state index in [1.807, 2.05) is 6.07 Å². The van der Waals surface area contributed by atoms with Gasteiger partial charge in [-0.2, -0.15) is 0 Å². The Morgan fingerprint density at radius 1 is 1.21 bits per heavy atom. The number of alkyl carbamates (subject to hydrolysis) is 1. The van der Waals surface area contributed by atoms with Gasteiger partial charge in [-0.15, -0.1) is 0 Å². The van der Waals surface area contributed by atoms with Crippen LogP contribution in [0.4, 0.5) is 13.6 Å². The molecule has 1 N–H and O–H groups in total. The summed E-state index contributed by atoms with van der Waals surface area (Å²) in [4.78, 5) is 23.5. The summed E-state index contributed by atoms with van der Waals surface area (Å²) in [5, 5.41) is 2.28. The van der Waals surface area contributed by atoms with Crippen LogP contribution in [0, 0.1) is 5.92 Å². The van der Waals surface area contributed by atoms with Gasteiger partial charge in [0.15, 0.2) is 0 Å². The molecule has 1 saturated carbocycles. The highest BCUT2D eigenvalue weighted by molar-refractivity contribution is 5.92. The van der Waals surface area contributed by atoms with Crippen molar-refractivity contribution in [2.24, 2.45) is 5.92 Å². The number of alkyl halides is 2. The number of rotatable bonds is 5. The number of hydrogen-bond donors (Lipinski definition) is 1. The van der Waals surface area contributed by atoms with Crippen LogP contribution in [0.15, 0.2) is 42.1 Å². The molecule has 1 aliphatic carbocycles. The number of esters is 1. The van der Waals surface area contributed by atoms with Crippen LogP contribution in [-0.4, -0.2) is 31.5 Å². The lowest BCUT2D eigenvalue weighted by Crippen LogP contribution is -2.29.